The first-order chi connectivity index (χ1) is 9.33. The molecule has 1 N–H and O–H groups in total. The molecule has 0 aromatic heterocycles. The fourth-order valence-corrected chi connectivity index (χ4v) is 2.46. The maximum Gasteiger partial charge on any atom is 0.0991 e. The van der Waals surface area contributed by atoms with Crippen LogP contribution in [0.3, 0.4) is 0 Å². The van der Waals surface area contributed by atoms with Crippen molar-refractivity contribution in [3.05, 3.63) is 0 Å². The molecule has 114 valence electrons. The molecule has 0 aromatic rings. The second-order valence-electron chi connectivity index (χ2n) is 5.28. The maximum absolute atomic E-state index is 5.93. The molecule has 0 saturated heterocycles. The van der Waals surface area contributed by atoms with E-state index in [1.54, 1.807) is 7.11 Å². The van der Waals surface area contributed by atoms with Gasteiger partial charge in [0.2, 0.25) is 0 Å². The highest BCUT2D eigenvalue weighted by atomic mass is 16.6. The smallest absolute Gasteiger partial charge is 0.0991 e. The third-order valence-electron chi connectivity index (χ3n) is 3.80. The molecule has 0 aromatic carbocycles. The van der Waals surface area contributed by atoms with E-state index >= 15 is 0 Å². The van der Waals surface area contributed by atoms with Crippen LogP contribution in [0, 0.1) is 0 Å². The van der Waals surface area contributed by atoms with Gasteiger partial charge in [-0.25, -0.2) is 0 Å². The first kappa shape index (κ1) is 16.9. The third kappa shape index (κ3) is 6.21. The van der Waals surface area contributed by atoms with Gasteiger partial charge in [-0.15, -0.1) is 0 Å². The van der Waals surface area contributed by atoms with Crippen LogP contribution in [0.5, 0.6) is 0 Å². The number of ether oxygens (including phenoxy) is 3. The average Bonchev–Trinajstić information content (AvgIpc) is 2.41. The number of likely N-dealkylation sites (N-methyl/N-ethyl adjacent to an activating group) is 1. The lowest BCUT2D eigenvalue weighted by Crippen LogP contribution is -2.59. The summed E-state index contributed by atoms with van der Waals surface area (Å²) in [5, 5.41) is 3.28. The molecule has 0 amide bonds. The summed E-state index contributed by atoms with van der Waals surface area (Å²) >= 11 is 0. The number of rotatable bonds is 12. The summed E-state index contributed by atoms with van der Waals surface area (Å²) in [5.41, 5.74) is 0. The first-order valence-electron chi connectivity index (χ1n) is 7.72. The minimum Gasteiger partial charge on any atom is -0.382 e. The summed E-state index contributed by atoms with van der Waals surface area (Å²) in [6.45, 7) is 4.41. The van der Waals surface area contributed by atoms with Gasteiger partial charge in [-0.05, 0) is 19.9 Å². The Kier molecular flexibility index (Phi) is 9.43. The zero-order valence-electron chi connectivity index (χ0n) is 12.8. The Balaban J connectivity index is 2.07. The monoisotopic (exact) mass is 273 g/mol. The molecule has 1 saturated carbocycles. The summed E-state index contributed by atoms with van der Waals surface area (Å²) in [7, 11) is 3.68. The predicted octanol–water partition coefficient (Wildman–Crippen LogP) is 2.37. The highest BCUT2D eigenvalue weighted by Gasteiger charge is 2.41. The second kappa shape index (κ2) is 10.6. The number of nitrogens with one attached hydrogen (secondary N) is 1. The van der Waals surface area contributed by atoms with E-state index in [1.165, 1.54) is 32.1 Å². The van der Waals surface area contributed by atoms with Gasteiger partial charge >= 0.3 is 0 Å². The fraction of sp³-hybridized carbons (Fsp3) is 1.00. The summed E-state index contributed by atoms with van der Waals surface area (Å²) in [5.74, 6) is 0. The van der Waals surface area contributed by atoms with Gasteiger partial charge in [0, 0.05) is 19.8 Å². The Bertz CT molecular complexity index is 214. The van der Waals surface area contributed by atoms with Crippen molar-refractivity contribution in [3.8, 4) is 0 Å². The Labute approximate surface area is 118 Å². The third-order valence-corrected chi connectivity index (χ3v) is 3.80. The molecule has 0 spiro atoms. The first-order valence-corrected chi connectivity index (χ1v) is 7.72. The normalized spacial score (nSPS) is 26.4. The van der Waals surface area contributed by atoms with Crippen LogP contribution in [0.2, 0.25) is 0 Å². The van der Waals surface area contributed by atoms with Gasteiger partial charge < -0.3 is 19.5 Å². The highest BCUT2D eigenvalue weighted by Crippen LogP contribution is 2.27. The lowest BCUT2D eigenvalue weighted by atomic mass is 9.85. The molecule has 4 nitrogen and oxygen atoms in total. The Hall–Kier alpha value is -0.160. The van der Waals surface area contributed by atoms with Gasteiger partial charge in [0.25, 0.3) is 0 Å². The van der Waals surface area contributed by atoms with Crippen LogP contribution in [-0.4, -0.2) is 52.2 Å². The molecule has 1 rings (SSSR count). The molecule has 4 heteroatoms. The molecule has 3 atom stereocenters. The van der Waals surface area contributed by atoms with Crippen LogP contribution in [0.4, 0.5) is 0 Å². The van der Waals surface area contributed by atoms with Crippen LogP contribution < -0.4 is 5.32 Å². The number of hydrogen-bond donors (Lipinski definition) is 1. The van der Waals surface area contributed by atoms with Crippen molar-refractivity contribution >= 4 is 0 Å². The Morgan fingerprint density at radius 3 is 2.47 bits per heavy atom. The molecule has 1 aliphatic carbocycles. The van der Waals surface area contributed by atoms with Gasteiger partial charge in [0.15, 0.2) is 0 Å². The van der Waals surface area contributed by atoms with Crippen molar-refractivity contribution in [2.75, 3.05) is 34.0 Å². The van der Waals surface area contributed by atoms with Crippen molar-refractivity contribution in [2.45, 2.75) is 63.7 Å². The van der Waals surface area contributed by atoms with E-state index in [2.05, 4.69) is 12.2 Å². The molecular weight excluding hydrogens is 242 g/mol. The van der Waals surface area contributed by atoms with Gasteiger partial charge in [-0.2, -0.15) is 0 Å². The van der Waals surface area contributed by atoms with E-state index in [0.29, 0.717) is 19.3 Å². The minimum atomic E-state index is 0.191. The lowest BCUT2D eigenvalue weighted by Gasteiger charge is -2.43. The Morgan fingerprint density at radius 2 is 1.79 bits per heavy atom. The van der Waals surface area contributed by atoms with Crippen LogP contribution >= 0.6 is 0 Å². The van der Waals surface area contributed by atoms with Crippen molar-refractivity contribution in [1.82, 2.24) is 5.32 Å². The van der Waals surface area contributed by atoms with Crippen LogP contribution in [0.25, 0.3) is 0 Å². The van der Waals surface area contributed by atoms with Crippen molar-refractivity contribution < 1.29 is 14.2 Å². The summed E-state index contributed by atoms with van der Waals surface area (Å²) < 4.78 is 16.8. The van der Waals surface area contributed by atoms with Crippen molar-refractivity contribution in [1.29, 1.82) is 0 Å². The zero-order valence-corrected chi connectivity index (χ0v) is 12.8. The summed E-state index contributed by atoms with van der Waals surface area (Å²) in [6.07, 6.45) is 7.94. The molecule has 3 unspecified atom stereocenters. The van der Waals surface area contributed by atoms with Gasteiger partial charge in [-0.1, -0.05) is 32.6 Å². The molecule has 19 heavy (non-hydrogen) atoms. The second-order valence-corrected chi connectivity index (χ2v) is 5.28. The van der Waals surface area contributed by atoms with Crippen LogP contribution in [-0.2, 0) is 14.2 Å². The highest BCUT2D eigenvalue weighted by molar-refractivity contribution is 4.96. The van der Waals surface area contributed by atoms with Crippen LogP contribution in [0.15, 0.2) is 0 Å². The molecule has 1 aliphatic rings. The fourth-order valence-electron chi connectivity index (χ4n) is 2.46. The van der Waals surface area contributed by atoms with E-state index < -0.39 is 0 Å². The van der Waals surface area contributed by atoms with Gasteiger partial charge in [0.1, 0.15) is 0 Å². The largest absolute Gasteiger partial charge is 0.382 e. The molecule has 0 radical (unpaired) electrons. The topological polar surface area (TPSA) is 39.7 Å². The van der Waals surface area contributed by atoms with E-state index in [4.69, 9.17) is 14.2 Å². The minimum absolute atomic E-state index is 0.191. The lowest BCUT2D eigenvalue weighted by molar-refractivity contribution is -0.151. The molecule has 0 aliphatic heterocycles. The Morgan fingerprint density at radius 1 is 1.00 bits per heavy atom. The zero-order chi connectivity index (χ0) is 13.9. The number of methoxy groups -OCH3 is 1. The molecule has 0 bridgehead atoms. The van der Waals surface area contributed by atoms with E-state index in [-0.39, 0.29) is 12.2 Å². The summed E-state index contributed by atoms with van der Waals surface area (Å²) in [4.78, 5) is 0. The van der Waals surface area contributed by atoms with E-state index in [1.807, 2.05) is 7.05 Å². The van der Waals surface area contributed by atoms with Crippen molar-refractivity contribution in [2.24, 2.45) is 0 Å². The van der Waals surface area contributed by atoms with Gasteiger partial charge in [-0.3, -0.25) is 0 Å². The van der Waals surface area contributed by atoms with E-state index in [0.717, 1.165) is 13.0 Å². The summed E-state index contributed by atoms with van der Waals surface area (Å²) in [6, 6.07) is 0.432. The number of unbranched alkanes of at least 4 members (excludes halogenated alkanes) is 4. The predicted molar refractivity (Wildman–Crippen MR) is 77.6 cm³/mol. The SMILES string of the molecule is CCCCCCCOC1CC(NC)C1OCCOC. The maximum atomic E-state index is 5.93. The van der Waals surface area contributed by atoms with Gasteiger partial charge in [0.05, 0.1) is 25.4 Å². The average molecular weight is 273 g/mol. The standard InChI is InChI=1S/C15H31NO3/c1-4-5-6-7-8-9-18-14-12-13(16-2)15(14)19-11-10-17-3/h13-16H,4-12H2,1-3H3. The van der Waals surface area contributed by atoms with Crippen LogP contribution in [0.1, 0.15) is 45.4 Å². The number of hydrogen-bond acceptors (Lipinski definition) is 4. The van der Waals surface area contributed by atoms with E-state index in [9.17, 15) is 0 Å². The molecule has 0 heterocycles. The quantitative estimate of drug-likeness (QED) is 0.554. The van der Waals surface area contributed by atoms with Crippen molar-refractivity contribution in [3.63, 3.8) is 0 Å². The molecule has 1 fully saturated rings. The molecular formula is C15H31NO3.